The fourth-order valence-electron chi connectivity index (χ4n) is 4.98. The maximum Gasteiger partial charge on any atom is 0.191 e. The Balaban J connectivity index is 1.58. The van der Waals surface area contributed by atoms with Crippen molar-refractivity contribution in [3.05, 3.63) is 35.9 Å². The van der Waals surface area contributed by atoms with Crippen molar-refractivity contribution in [1.82, 2.24) is 20.9 Å². The third kappa shape index (κ3) is 6.19. The Morgan fingerprint density at radius 1 is 1.17 bits per heavy atom. The second-order valence-electron chi connectivity index (χ2n) is 9.57. The van der Waals surface area contributed by atoms with Crippen molar-refractivity contribution in [2.24, 2.45) is 4.99 Å². The van der Waals surface area contributed by atoms with E-state index in [1.54, 1.807) is 0 Å². The summed E-state index contributed by atoms with van der Waals surface area (Å²) in [4.78, 5) is 7.57. The lowest BCUT2D eigenvalue weighted by atomic mass is 9.82. The van der Waals surface area contributed by atoms with Crippen molar-refractivity contribution in [1.29, 1.82) is 0 Å². The molecule has 3 N–H and O–H groups in total. The number of nitrogens with one attached hydrogen (secondary N) is 3. The summed E-state index contributed by atoms with van der Waals surface area (Å²) in [5.74, 6) is 0.961. The summed E-state index contributed by atoms with van der Waals surface area (Å²) in [5.41, 5.74) is 1.23. The Labute approximate surface area is 177 Å². The van der Waals surface area contributed by atoms with Crippen LogP contribution in [0, 0.1) is 0 Å². The molecule has 5 heteroatoms. The Hall–Kier alpha value is -1.59. The first-order chi connectivity index (χ1) is 13.9. The number of fused-ring (bicyclic) bond motifs is 2. The van der Waals surface area contributed by atoms with Crippen LogP contribution in [0.1, 0.15) is 71.4 Å². The van der Waals surface area contributed by atoms with E-state index in [1.807, 2.05) is 0 Å². The molecular formula is C24H41N5. The van der Waals surface area contributed by atoms with Crippen LogP contribution in [0.25, 0.3) is 0 Å². The lowest BCUT2D eigenvalue weighted by Gasteiger charge is -2.47. The van der Waals surface area contributed by atoms with Gasteiger partial charge in [-0.2, -0.15) is 0 Å². The average molecular weight is 400 g/mol. The summed E-state index contributed by atoms with van der Waals surface area (Å²) in [7, 11) is 2.31. The van der Waals surface area contributed by atoms with Gasteiger partial charge in [0.05, 0.1) is 6.54 Å². The molecule has 3 atom stereocenters. The van der Waals surface area contributed by atoms with E-state index in [0.29, 0.717) is 12.1 Å². The zero-order valence-corrected chi connectivity index (χ0v) is 19.0. The normalized spacial score (nSPS) is 26.8. The number of nitrogens with zero attached hydrogens (tertiary/aromatic N) is 2. The van der Waals surface area contributed by atoms with Gasteiger partial charge in [-0.1, -0.05) is 36.8 Å². The van der Waals surface area contributed by atoms with Crippen LogP contribution < -0.4 is 16.0 Å². The van der Waals surface area contributed by atoms with Gasteiger partial charge in [0.1, 0.15) is 0 Å². The maximum atomic E-state index is 4.96. The van der Waals surface area contributed by atoms with E-state index in [-0.39, 0.29) is 5.54 Å². The van der Waals surface area contributed by atoms with Gasteiger partial charge in [-0.15, -0.1) is 0 Å². The summed E-state index contributed by atoms with van der Waals surface area (Å²) in [6, 6.07) is 12.9. The third-order valence-corrected chi connectivity index (χ3v) is 6.56. The molecule has 5 nitrogen and oxygen atoms in total. The zero-order valence-electron chi connectivity index (χ0n) is 19.0. The van der Waals surface area contributed by atoms with Crippen LogP contribution >= 0.6 is 0 Å². The van der Waals surface area contributed by atoms with E-state index in [4.69, 9.17) is 4.99 Å². The van der Waals surface area contributed by atoms with Crippen molar-refractivity contribution >= 4 is 5.96 Å². The monoisotopic (exact) mass is 399 g/mol. The van der Waals surface area contributed by atoms with Gasteiger partial charge in [0.25, 0.3) is 0 Å². The van der Waals surface area contributed by atoms with Gasteiger partial charge in [-0.05, 0) is 66.0 Å². The molecule has 0 saturated carbocycles. The van der Waals surface area contributed by atoms with Crippen LogP contribution in [-0.4, -0.2) is 54.7 Å². The highest BCUT2D eigenvalue weighted by Gasteiger charge is 2.36. The molecule has 162 valence electrons. The van der Waals surface area contributed by atoms with Gasteiger partial charge in [-0.25, -0.2) is 0 Å². The van der Waals surface area contributed by atoms with E-state index in [1.165, 1.54) is 37.7 Å². The minimum atomic E-state index is -0.0824. The molecule has 2 aliphatic rings. The van der Waals surface area contributed by atoms with Gasteiger partial charge < -0.3 is 20.9 Å². The number of piperidine rings is 2. The maximum absolute atomic E-state index is 4.96. The van der Waals surface area contributed by atoms with E-state index in [2.05, 4.69) is 85.9 Å². The Morgan fingerprint density at radius 3 is 2.45 bits per heavy atom. The molecule has 0 amide bonds. The quantitative estimate of drug-likeness (QED) is 0.483. The van der Waals surface area contributed by atoms with Crippen LogP contribution in [0.2, 0.25) is 0 Å². The molecule has 2 aliphatic heterocycles. The van der Waals surface area contributed by atoms with E-state index >= 15 is 0 Å². The van der Waals surface area contributed by atoms with Crippen LogP contribution in [0.4, 0.5) is 0 Å². The summed E-state index contributed by atoms with van der Waals surface area (Å²) in [6.07, 6.45) is 6.52. The highest BCUT2D eigenvalue weighted by molar-refractivity contribution is 5.80. The molecule has 3 unspecified atom stereocenters. The fraction of sp³-hybridized carbons (Fsp3) is 0.708. The predicted octanol–water partition coefficient (Wildman–Crippen LogP) is 3.69. The number of rotatable bonds is 7. The minimum Gasteiger partial charge on any atom is -0.357 e. The van der Waals surface area contributed by atoms with Gasteiger partial charge in [0.15, 0.2) is 5.96 Å². The first-order valence-corrected chi connectivity index (χ1v) is 11.5. The summed E-state index contributed by atoms with van der Waals surface area (Å²) < 4.78 is 0. The topological polar surface area (TPSA) is 51.7 Å². The predicted molar refractivity (Wildman–Crippen MR) is 123 cm³/mol. The molecule has 2 fully saturated rings. The second kappa shape index (κ2) is 9.94. The lowest BCUT2D eigenvalue weighted by molar-refractivity contribution is 0.0526. The molecule has 1 aromatic rings. The average Bonchev–Trinajstić information content (AvgIpc) is 2.67. The standard InChI is InChI=1S/C24H41N5/c1-6-25-23(27-20-15-21-13-10-14-22(16-20)29(21)5)26-17-24(3,4)28-18(2)19-11-8-7-9-12-19/h7-9,11-12,18,20-22,28H,6,10,13-17H2,1-5H3,(H2,25,26,27). The SMILES string of the molecule is CCNC(=NCC(C)(C)NC(C)c1ccccc1)NC1CC2CCCC(C1)N2C. The molecule has 2 bridgehead atoms. The van der Waals surface area contributed by atoms with Crippen LogP contribution in [0.3, 0.4) is 0 Å². The van der Waals surface area contributed by atoms with E-state index in [9.17, 15) is 0 Å². The molecule has 0 spiro atoms. The number of benzene rings is 1. The third-order valence-electron chi connectivity index (χ3n) is 6.56. The first-order valence-electron chi connectivity index (χ1n) is 11.5. The molecule has 0 aromatic heterocycles. The second-order valence-corrected chi connectivity index (χ2v) is 9.57. The van der Waals surface area contributed by atoms with Crippen molar-refractivity contribution in [3.8, 4) is 0 Å². The summed E-state index contributed by atoms with van der Waals surface area (Å²) in [5, 5.41) is 11.0. The lowest BCUT2D eigenvalue weighted by Crippen LogP contribution is -2.57. The smallest absolute Gasteiger partial charge is 0.191 e. The highest BCUT2D eigenvalue weighted by atomic mass is 15.2. The molecule has 0 radical (unpaired) electrons. The fourth-order valence-corrected chi connectivity index (χ4v) is 4.98. The van der Waals surface area contributed by atoms with Gasteiger partial charge in [0, 0.05) is 36.3 Å². The molecular weight excluding hydrogens is 358 g/mol. The highest BCUT2D eigenvalue weighted by Crippen LogP contribution is 2.32. The molecule has 3 rings (SSSR count). The van der Waals surface area contributed by atoms with Crippen molar-refractivity contribution < 1.29 is 0 Å². The summed E-state index contributed by atoms with van der Waals surface area (Å²) >= 11 is 0. The first kappa shape index (κ1) is 22.1. The molecule has 0 aliphatic carbocycles. The van der Waals surface area contributed by atoms with Gasteiger partial charge >= 0.3 is 0 Å². The number of hydrogen-bond acceptors (Lipinski definition) is 3. The van der Waals surface area contributed by atoms with Crippen molar-refractivity contribution in [2.75, 3.05) is 20.1 Å². The number of aliphatic imine (C=N–C) groups is 1. The molecule has 1 aromatic carbocycles. The number of hydrogen-bond donors (Lipinski definition) is 3. The Morgan fingerprint density at radius 2 is 1.83 bits per heavy atom. The molecule has 2 heterocycles. The molecule has 29 heavy (non-hydrogen) atoms. The van der Waals surface area contributed by atoms with Crippen molar-refractivity contribution in [3.63, 3.8) is 0 Å². The van der Waals surface area contributed by atoms with Crippen LogP contribution in [0.5, 0.6) is 0 Å². The Bertz CT molecular complexity index is 642. The molecule has 2 saturated heterocycles. The van der Waals surface area contributed by atoms with Gasteiger partial charge in [0.2, 0.25) is 0 Å². The van der Waals surface area contributed by atoms with Crippen LogP contribution in [0.15, 0.2) is 35.3 Å². The largest absolute Gasteiger partial charge is 0.357 e. The van der Waals surface area contributed by atoms with E-state index in [0.717, 1.165) is 31.1 Å². The Kier molecular flexibility index (Phi) is 7.58. The number of guanidine groups is 1. The minimum absolute atomic E-state index is 0.0824. The zero-order chi connectivity index (χ0) is 20.9. The van der Waals surface area contributed by atoms with Crippen molar-refractivity contribution in [2.45, 2.75) is 89.5 Å². The summed E-state index contributed by atoms with van der Waals surface area (Å²) in [6.45, 7) is 10.5. The van der Waals surface area contributed by atoms with E-state index < -0.39 is 0 Å². The van der Waals surface area contributed by atoms with Gasteiger partial charge in [-0.3, -0.25) is 4.99 Å². The van der Waals surface area contributed by atoms with Crippen LogP contribution in [-0.2, 0) is 0 Å².